The maximum absolute atomic E-state index is 3.06. The third-order valence-corrected chi connectivity index (χ3v) is 3.05. The van der Waals surface area contributed by atoms with E-state index in [4.69, 9.17) is 0 Å². The fraction of sp³-hybridized carbons (Fsp3) is 0.143. The number of benzene rings is 1. The molecular weight excluding hydrogens is 182 g/mol. The Morgan fingerprint density at radius 3 is 2.07 bits per heavy atom. The summed E-state index contributed by atoms with van der Waals surface area (Å²) in [5.41, 5.74) is 5.87. The van der Waals surface area contributed by atoms with Gasteiger partial charge in [0, 0.05) is 12.4 Å². The molecule has 74 valence electrons. The molecule has 15 heavy (non-hydrogen) atoms. The highest BCUT2D eigenvalue weighted by molar-refractivity contribution is 5.48. The second-order valence-corrected chi connectivity index (χ2v) is 4.01. The molecule has 0 saturated heterocycles. The lowest BCUT2D eigenvalue weighted by Gasteiger charge is -2.05. The van der Waals surface area contributed by atoms with Gasteiger partial charge in [0.15, 0.2) is 0 Å². The summed E-state index contributed by atoms with van der Waals surface area (Å²) in [5, 5.41) is 3.06. The first-order valence-electron chi connectivity index (χ1n) is 5.31. The lowest BCUT2D eigenvalue weighted by molar-refractivity contribution is 1.11. The van der Waals surface area contributed by atoms with Crippen LogP contribution >= 0.6 is 0 Å². The molecule has 2 aliphatic rings. The molecule has 0 radical (unpaired) electrons. The number of rotatable bonds is 0. The second kappa shape index (κ2) is 3.43. The molecule has 1 aliphatic carbocycles. The van der Waals surface area contributed by atoms with Gasteiger partial charge >= 0.3 is 0 Å². The molecule has 1 aromatic rings. The number of nitrogens with one attached hydrogen (secondary N) is 1. The zero-order valence-electron chi connectivity index (χ0n) is 8.53. The van der Waals surface area contributed by atoms with Crippen molar-refractivity contribution in [1.82, 2.24) is 5.32 Å². The van der Waals surface area contributed by atoms with E-state index in [2.05, 4.69) is 41.7 Å². The summed E-state index contributed by atoms with van der Waals surface area (Å²) >= 11 is 0. The number of dihydropyridines is 1. The normalized spacial score (nSPS) is 17.9. The summed E-state index contributed by atoms with van der Waals surface area (Å²) in [6.45, 7) is 0. The van der Waals surface area contributed by atoms with Crippen LogP contribution in [0.5, 0.6) is 0 Å². The fourth-order valence-electron chi connectivity index (χ4n) is 2.25. The van der Waals surface area contributed by atoms with Gasteiger partial charge in [-0.15, -0.1) is 0 Å². The van der Waals surface area contributed by atoms with Crippen LogP contribution in [-0.2, 0) is 12.8 Å². The molecule has 0 amide bonds. The van der Waals surface area contributed by atoms with Gasteiger partial charge in [-0.25, -0.2) is 0 Å². The van der Waals surface area contributed by atoms with Crippen molar-refractivity contribution in [3.8, 4) is 0 Å². The molecule has 0 unspecified atom stereocenters. The highest BCUT2D eigenvalue weighted by Gasteiger charge is 2.16. The van der Waals surface area contributed by atoms with Crippen molar-refractivity contribution in [3.05, 3.63) is 71.1 Å². The monoisotopic (exact) mass is 195 g/mol. The van der Waals surface area contributed by atoms with Crippen LogP contribution in [0.15, 0.2) is 60.0 Å². The van der Waals surface area contributed by atoms with E-state index < -0.39 is 0 Å². The largest absolute Gasteiger partial charge is 0.368 e. The Bertz CT molecular complexity index is 437. The van der Waals surface area contributed by atoms with Gasteiger partial charge in [-0.05, 0) is 41.7 Å². The maximum atomic E-state index is 3.06. The molecule has 0 atom stereocenters. The van der Waals surface area contributed by atoms with E-state index in [0.29, 0.717) is 0 Å². The summed E-state index contributed by atoms with van der Waals surface area (Å²) < 4.78 is 0. The van der Waals surface area contributed by atoms with Crippen LogP contribution in [0.1, 0.15) is 11.1 Å². The molecule has 0 aromatic heterocycles. The van der Waals surface area contributed by atoms with Gasteiger partial charge in [0.25, 0.3) is 0 Å². The zero-order valence-corrected chi connectivity index (χ0v) is 8.53. The summed E-state index contributed by atoms with van der Waals surface area (Å²) in [6, 6.07) is 8.72. The van der Waals surface area contributed by atoms with Crippen molar-refractivity contribution in [1.29, 1.82) is 0 Å². The zero-order chi connectivity index (χ0) is 10.1. The Morgan fingerprint density at radius 2 is 1.47 bits per heavy atom. The molecule has 1 heterocycles. The summed E-state index contributed by atoms with van der Waals surface area (Å²) in [5.74, 6) is 0. The Kier molecular flexibility index (Phi) is 1.95. The average Bonchev–Trinajstić information content (AvgIpc) is 2.74. The minimum Gasteiger partial charge on any atom is -0.368 e. The number of hydrogen-bond acceptors (Lipinski definition) is 1. The molecule has 0 spiro atoms. The first kappa shape index (κ1) is 8.54. The van der Waals surface area contributed by atoms with Crippen molar-refractivity contribution >= 4 is 0 Å². The topological polar surface area (TPSA) is 12.0 Å². The molecule has 1 nitrogen and oxygen atoms in total. The van der Waals surface area contributed by atoms with Gasteiger partial charge < -0.3 is 5.32 Å². The smallest absolute Gasteiger partial charge is 0.00104 e. The molecule has 1 heteroatoms. The van der Waals surface area contributed by atoms with Gasteiger partial charge in [0.05, 0.1) is 0 Å². The molecule has 1 aliphatic heterocycles. The molecule has 3 rings (SSSR count). The molecule has 0 bridgehead atoms. The van der Waals surface area contributed by atoms with Gasteiger partial charge in [0.2, 0.25) is 0 Å². The van der Waals surface area contributed by atoms with Gasteiger partial charge in [0.1, 0.15) is 0 Å². The standard InChI is InChI=1S/C14H13N/c1-2-4-13-10-14(9-12(13)3-1)11-5-7-15-8-6-11/h1-8,15H,9-10H2. The molecule has 0 saturated carbocycles. The fourth-order valence-corrected chi connectivity index (χ4v) is 2.25. The lowest BCUT2D eigenvalue weighted by atomic mass is 10.0. The van der Waals surface area contributed by atoms with Crippen molar-refractivity contribution in [2.45, 2.75) is 12.8 Å². The molecule has 0 fully saturated rings. The Labute approximate surface area is 89.8 Å². The van der Waals surface area contributed by atoms with E-state index in [0.717, 1.165) is 12.8 Å². The summed E-state index contributed by atoms with van der Waals surface area (Å²) in [6.07, 6.45) is 10.5. The van der Waals surface area contributed by atoms with E-state index in [1.165, 1.54) is 22.3 Å². The highest BCUT2D eigenvalue weighted by Crippen LogP contribution is 2.29. The molecular formula is C14H13N. The van der Waals surface area contributed by atoms with E-state index in [1.807, 2.05) is 12.4 Å². The van der Waals surface area contributed by atoms with Crippen LogP contribution in [0.25, 0.3) is 0 Å². The average molecular weight is 195 g/mol. The SMILES string of the molecule is C1=CC(=C2Cc3ccccc3C2)C=CN1. The van der Waals surface area contributed by atoms with Crippen LogP contribution in [0, 0.1) is 0 Å². The molecule has 1 aromatic carbocycles. The molecule has 1 N–H and O–H groups in total. The van der Waals surface area contributed by atoms with E-state index in [1.54, 1.807) is 0 Å². The third-order valence-electron chi connectivity index (χ3n) is 3.05. The minimum atomic E-state index is 1.11. The predicted molar refractivity (Wildman–Crippen MR) is 62.3 cm³/mol. The van der Waals surface area contributed by atoms with Gasteiger partial charge in [-0.1, -0.05) is 29.8 Å². The Morgan fingerprint density at radius 1 is 0.867 bits per heavy atom. The summed E-state index contributed by atoms with van der Waals surface area (Å²) in [4.78, 5) is 0. The van der Waals surface area contributed by atoms with Gasteiger partial charge in [-0.2, -0.15) is 0 Å². The van der Waals surface area contributed by atoms with Crippen molar-refractivity contribution in [3.63, 3.8) is 0 Å². The minimum absolute atomic E-state index is 1.11. The van der Waals surface area contributed by atoms with E-state index in [9.17, 15) is 0 Å². The van der Waals surface area contributed by atoms with Crippen molar-refractivity contribution in [2.75, 3.05) is 0 Å². The number of fused-ring (bicyclic) bond motifs is 1. The summed E-state index contributed by atoms with van der Waals surface area (Å²) in [7, 11) is 0. The van der Waals surface area contributed by atoms with Gasteiger partial charge in [-0.3, -0.25) is 0 Å². The van der Waals surface area contributed by atoms with Crippen molar-refractivity contribution < 1.29 is 0 Å². The Hall–Kier alpha value is -1.76. The quantitative estimate of drug-likeness (QED) is 0.671. The second-order valence-electron chi connectivity index (χ2n) is 4.01. The van der Waals surface area contributed by atoms with Crippen LogP contribution in [-0.4, -0.2) is 0 Å². The van der Waals surface area contributed by atoms with E-state index in [-0.39, 0.29) is 0 Å². The highest BCUT2D eigenvalue weighted by atomic mass is 14.8. The first-order valence-corrected chi connectivity index (χ1v) is 5.31. The van der Waals surface area contributed by atoms with Crippen LogP contribution in [0.3, 0.4) is 0 Å². The predicted octanol–water partition coefficient (Wildman–Crippen LogP) is 2.71. The van der Waals surface area contributed by atoms with Crippen LogP contribution < -0.4 is 5.32 Å². The number of allylic oxidation sites excluding steroid dienone is 4. The Balaban J connectivity index is 1.98. The van der Waals surface area contributed by atoms with E-state index >= 15 is 0 Å². The van der Waals surface area contributed by atoms with Crippen molar-refractivity contribution in [2.24, 2.45) is 0 Å². The van der Waals surface area contributed by atoms with Crippen LogP contribution in [0.4, 0.5) is 0 Å². The first-order chi connectivity index (χ1) is 7.43. The lowest BCUT2D eigenvalue weighted by Crippen LogP contribution is -1.99. The maximum Gasteiger partial charge on any atom is 0.00104 e. The number of hydrogen-bond donors (Lipinski definition) is 1. The van der Waals surface area contributed by atoms with Crippen LogP contribution in [0.2, 0.25) is 0 Å². The third kappa shape index (κ3) is 1.50.